The summed E-state index contributed by atoms with van der Waals surface area (Å²) in [6, 6.07) is 9.93. The minimum absolute atomic E-state index is 0.102. The van der Waals surface area contributed by atoms with Crippen LogP contribution in [0, 0.1) is 0 Å². The molecule has 1 N–H and O–H groups in total. The second kappa shape index (κ2) is 4.90. The van der Waals surface area contributed by atoms with E-state index in [1.807, 2.05) is 37.3 Å². The highest BCUT2D eigenvalue weighted by Gasteiger charge is 2.10. The third-order valence-electron chi connectivity index (χ3n) is 2.10. The molecule has 0 radical (unpaired) electrons. The zero-order chi connectivity index (χ0) is 11.4. The number of amides is 1. The molecule has 0 spiro atoms. The molecule has 3 nitrogen and oxygen atoms in total. The Morgan fingerprint density at radius 2 is 2.12 bits per heavy atom. The van der Waals surface area contributed by atoms with E-state index >= 15 is 0 Å². The zero-order valence-corrected chi connectivity index (χ0v) is 9.75. The van der Waals surface area contributed by atoms with Gasteiger partial charge in [0.05, 0.1) is 4.88 Å². The van der Waals surface area contributed by atoms with E-state index in [0.29, 0.717) is 11.6 Å². The van der Waals surface area contributed by atoms with Crippen molar-refractivity contribution in [2.24, 2.45) is 0 Å². The second-order valence-corrected chi connectivity index (χ2v) is 4.29. The van der Waals surface area contributed by atoms with Gasteiger partial charge in [0.1, 0.15) is 0 Å². The van der Waals surface area contributed by atoms with E-state index in [1.165, 1.54) is 11.3 Å². The summed E-state index contributed by atoms with van der Waals surface area (Å²) in [5, 5.41) is 3.25. The molecule has 0 fully saturated rings. The molecule has 0 saturated carbocycles. The number of hydrogen-bond acceptors (Lipinski definition) is 3. The third-order valence-corrected chi connectivity index (χ3v) is 3.14. The van der Waals surface area contributed by atoms with E-state index in [9.17, 15) is 4.79 Å². The van der Waals surface area contributed by atoms with Crippen LogP contribution in [0.25, 0.3) is 10.4 Å². The summed E-state index contributed by atoms with van der Waals surface area (Å²) in [4.78, 5) is 16.7. The molecule has 1 amide bonds. The van der Waals surface area contributed by atoms with Crippen molar-refractivity contribution in [2.45, 2.75) is 6.92 Å². The van der Waals surface area contributed by atoms with Gasteiger partial charge in [-0.2, -0.15) is 0 Å². The van der Waals surface area contributed by atoms with Crippen molar-refractivity contribution in [2.75, 3.05) is 6.54 Å². The molecule has 0 aliphatic carbocycles. The van der Waals surface area contributed by atoms with Gasteiger partial charge in [0.2, 0.25) is 0 Å². The number of nitrogens with one attached hydrogen (secondary N) is 1. The Kier molecular flexibility index (Phi) is 3.31. The number of benzene rings is 1. The lowest BCUT2D eigenvalue weighted by molar-refractivity contribution is 0.0955. The Balaban J connectivity index is 2.23. The molecule has 4 heteroatoms. The quantitative estimate of drug-likeness (QED) is 0.883. The summed E-state index contributed by atoms with van der Waals surface area (Å²) < 4.78 is 0. The van der Waals surface area contributed by atoms with Crippen LogP contribution in [0.4, 0.5) is 0 Å². The summed E-state index contributed by atoms with van der Waals surface area (Å²) in [7, 11) is 0. The summed E-state index contributed by atoms with van der Waals surface area (Å²) in [6.07, 6.45) is 1.74. The fourth-order valence-electron chi connectivity index (χ4n) is 1.35. The highest BCUT2D eigenvalue weighted by Crippen LogP contribution is 2.25. The lowest BCUT2D eigenvalue weighted by atomic mass is 10.2. The number of nitrogens with zero attached hydrogens (tertiary/aromatic N) is 1. The van der Waals surface area contributed by atoms with Gasteiger partial charge in [-0.3, -0.25) is 4.79 Å². The number of rotatable bonds is 3. The van der Waals surface area contributed by atoms with Crippen molar-refractivity contribution >= 4 is 17.2 Å². The first-order chi connectivity index (χ1) is 7.81. The molecule has 2 aromatic rings. The van der Waals surface area contributed by atoms with E-state index in [2.05, 4.69) is 10.3 Å². The third kappa shape index (κ3) is 2.28. The van der Waals surface area contributed by atoms with E-state index < -0.39 is 0 Å². The highest BCUT2D eigenvalue weighted by atomic mass is 32.1. The largest absolute Gasteiger partial charge is 0.350 e. The summed E-state index contributed by atoms with van der Waals surface area (Å²) in [5.41, 5.74) is 1.09. The Labute approximate surface area is 98.2 Å². The maximum atomic E-state index is 11.5. The van der Waals surface area contributed by atoms with Crippen LogP contribution >= 0.6 is 11.3 Å². The van der Waals surface area contributed by atoms with Gasteiger partial charge in [-0.25, -0.2) is 4.98 Å². The molecule has 82 valence electrons. The first-order valence-electron chi connectivity index (χ1n) is 5.10. The maximum absolute atomic E-state index is 11.5. The van der Waals surface area contributed by atoms with Crippen molar-refractivity contribution in [3.05, 3.63) is 41.5 Å². The fourth-order valence-corrected chi connectivity index (χ4v) is 2.19. The van der Waals surface area contributed by atoms with Crippen LogP contribution in [0.3, 0.4) is 0 Å². The summed E-state index contributed by atoms with van der Waals surface area (Å²) in [5.74, 6) is -0.102. The molecule has 0 bridgehead atoms. The Hall–Kier alpha value is -1.68. The van der Waals surface area contributed by atoms with Crippen molar-refractivity contribution in [1.29, 1.82) is 0 Å². The molecule has 1 heterocycles. The van der Waals surface area contributed by atoms with Crippen molar-refractivity contribution in [1.82, 2.24) is 10.3 Å². The van der Waals surface area contributed by atoms with Crippen LogP contribution in [0.15, 0.2) is 36.5 Å². The van der Waals surface area contributed by atoms with E-state index in [-0.39, 0.29) is 5.91 Å². The molecule has 1 aromatic heterocycles. The van der Waals surface area contributed by atoms with Crippen molar-refractivity contribution in [3.63, 3.8) is 0 Å². The fraction of sp³-hybridized carbons (Fsp3) is 0.167. The SMILES string of the molecule is CCNC(=O)c1ncc(-c2ccccc2)s1. The minimum atomic E-state index is -0.102. The van der Waals surface area contributed by atoms with Gasteiger partial charge < -0.3 is 5.32 Å². The molecule has 2 rings (SSSR count). The van der Waals surface area contributed by atoms with Gasteiger partial charge in [-0.15, -0.1) is 11.3 Å². The average Bonchev–Trinajstić information content (AvgIpc) is 2.80. The number of hydrogen-bond donors (Lipinski definition) is 1. The molecule has 0 aliphatic heterocycles. The van der Waals surface area contributed by atoms with Crippen LogP contribution in [0.5, 0.6) is 0 Å². The number of carbonyl (C=O) groups excluding carboxylic acids is 1. The van der Waals surface area contributed by atoms with Crippen LogP contribution in [-0.4, -0.2) is 17.4 Å². The number of thiazole rings is 1. The van der Waals surface area contributed by atoms with Crippen molar-refractivity contribution in [3.8, 4) is 10.4 Å². The maximum Gasteiger partial charge on any atom is 0.280 e. The Morgan fingerprint density at radius 3 is 2.81 bits per heavy atom. The topological polar surface area (TPSA) is 42.0 Å². The average molecular weight is 232 g/mol. The monoisotopic (exact) mass is 232 g/mol. The van der Waals surface area contributed by atoms with Gasteiger partial charge >= 0.3 is 0 Å². The second-order valence-electron chi connectivity index (χ2n) is 3.26. The van der Waals surface area contributed by atoms with Crippen LogP contribution in [-0.2, 0) is 0 Å². The first kappa shape index (κ1) is 10.8. The number of aromatic nitrogens is 1. The van der Waals surface area contributed by atoms with Crippen LogP contribution < -0.4 is 5.32 Å². The first-order valence-corrected chi connectivity index (χ1v) is 5.92. The van der Waals surface area contributed by atoms with Gasteiger partial charge in [-0.1, -0.05) is 30.3 Å². The van der Waals surface area contributed by atoms with Gasteiger partial charge in [0, 0.05) is 12.7 Å². The molecule has 0 saturated heterocycles. The molecule has 0 aliphatic rings. The summed E-state index contributed by atoms with van der Waals surface area (Å²) >= 11 is 1.41. The zero-order valence-electron chi connectivity index (χ0n) is 8.93. The Bertz CT molecular complexity index is 479. The van der Waals surface area contributed by atoms with E-state index in [4.69, 9.17) is 0 Å². The molecule has 0 unspecified atom stereocenters. The molecule has 16 heavy (non-hydrogen) atoms. The van der Waals surface area contributed by atoms with E-state index in [0.717, 1.165) is 10.4 Å². The van der Waals surface area contributed by atoms with Crippen LogP contribution in [0.1, 0.15) is 16.7 Å². The lowest BCUT2D eigenvalue weighted by Gasteiger charge is -1.96. The predicted molar refractivity (Wildman–Crippen MR) is 65.6 cm³/mol. The Morgan fingerprint density at radius 1 is 1.38 bits per heavy atom. The normalized spacial score (nSPS) is 10.1. The highest BCUT2D eigenvalue weighted by molar-refractivity contribution is 7.16. The van der Waals surface area contributed by atoms with Crippen LogP contribution in [0.2, 0.25) is 0 Å². The molecule has 0 atom stereocenters. The molecule has 1 aromatic carbocycles. The molecular formula is C12H12N2OS. The lowest BCUT2D eigenvalue weighted by Crippen LogP contribution is -2.22. The molecular weight excluding hydrogens is 220 g/mol. The van der Waals surface area contributed by atoms with E-state index in [1.54, 1.807) is 6.20 Å². The summed E-state index contributed by atoms with van der Waals surface area (Å²) in [6.45, 7) is 2.52. The minimum Gasteiger partial charge on any atom is -0.350 e. The van der Waals surface area contributed by atoms with Gasteiger partial charge in [0.15, 0.2) is 5.01 Å². The standard InChI is InChI=1S/C12H12N2OS/c1-2-13-11(15)12-14-8-10(16-12)9-6-4-3-5-7-9/h3-8H,2H2,1H3,(H,13,15). The van der Waals surface area contributed by atoms with Crippen molar-refractivity contribution < 1.29 is 4.79 Å². The number of carbonyl (C=O) groups is 1. The van der Waals surface area contributed by atoms with Gasteiger partial charge in [-0.05, 0) is 12.5 Å². The van der Waals surface area contributed by atoms with Gasteiger partial charge in [0.25, 0.3) is 5.91 Å². The predicted octanol–water partition coefficient (Wildman–Crippen LogP) is 2.56. The smallest absolute Gasteiger partial charge is 0.280 e.